The Morgan fingerprint density at radius 2 is 1.59 bits per heavy atom. The second-order valence-corrected chi connectivity index (χ2v) is 8.04. The molecule has 0 aromatic heterocycles. The van der Waals surface area contributed by atoms with Crippen LogP contribution in [0.2, 0.25) is 0 Å². The average molecular weight is 299 g/mol. The maximum atomic E-state index is 5.67. The molecule has 4 bridgehead atoms. The molecule has 1 aromatic rings. The third-order valence-electron chi connectivity index (χ3n) is 6.10. The van der Waals surface area contributed by atoms with Crippen molar-refractivity contribution in [1.29, 1.82) is 0 Å². The predicted octanol–water partition coefficient (Wildman–Crippen LogP) is 4.53. The Labute approximate surface area is 134 Å². The number of rotatable bonds is 6. The molecule has 0 radical (unpaired) electrons. The summed E-state index contributed by atoms with van der Waals surface area (Å²) < 4.78 is 5.67. The van der Waals surface area contributed by atoms with Crippen molar-refractivity contribution in [2.45, 2.75) is 64.0 Å². The molecule has 0 amide bonds. The summed E-state index contributed by atoms with van der Waals surface area (Å²) in [7, 11) is 0. The predicted molar refractivity (Wildman–Crippen MR) is 90.0 cm³/mol. The minimum absolute atomic E-state index is 0.464. The van der Waals surface area contributed by atoms with Gasteiger partial charge >= 0.3 is 0 Å². The van der Waals surface area contributed by atoms with Crippen LogP contribution in [0.5, 0.6) is 5.75 Å². The lowest BCUT2D eigenvalue weighted by Crippen LogP contribution is -2.58. The first kappa shape index (κ1) is 14.6. The van der Waals surface area contributed by atoms with Crippen molar-refractivity contribution in [2.24, 2.45) is 17.8 Å². The Morgan fingerprint density at radius 3 is 2.14 bits per heavy atom. The van der Waals surface area contributed by atoms with Gasteiger partial charge in [0.05, 0.1) is 6.61 Å². The van der Waals surface area contributed by atoms with E-state index < -0.39 is 0 Å². The third-order valence-corrected chi connectivity index (χ3v) is 6.10. The van der Waals surface area contributed by atoms with E-state index >= 15 is 0 Å². The van der Waals surface area contributed by atoms with E-state index in [0.717, 1.165) is 43.1 Å². The van der Waals surface area contributed by atoms with Crippen molar-refractivity contribution < 1.29 is 4.74 Å². The summed E-state index contributed by atoms with van der Waals surface area (Å²) >= 11 is 0. The molecule has 2 nitrogen and oxygen atoms in total. The first-order valence-corrected chi connectivity index (χ1v) is 9.21. The fourth-order valence-electron chi connectivity index (χ4n) is 5.54. The highest BCUT2D eigenvalue weighted by Gasteiger charge is 2.50. The quantitative estimate of drug-likeness (QED) is 0.833. The van der Waals surface area contributed by atoms with Gasteiger partial charge in [0.1, 0.15) is 5.75 Å². The summed E-state index contributed by atoms with van der Waals surface area (Å²) in [6.07, 6.45) is 9.90. The fourth-order valence-corrected chi connectivity index (χ4v) is 5.54. The standard InChI is InChI=1S/C20H29NO/c1-2-7-22-19-5-3-15(4-6-19)14-21-20-11-16-8-17(12-20)10-18(9-16)13-20/h3-6,16-18,21H,2,7-14H2,1H3. The van der Waals surface area contributed by atoms with Gasteiger partial charge in [0.25, 0.3) is 0 Å². The fraction of sp³-hybridized carbons (Fsp3) is 0.700. The molecule has 2 heteroatoms. The molecule has 0 saturated heterocycles. The van der Waals surface area contributed by atoms with Gasteiger partial charge < -0.3 is 10.1 Å². The van der Waals surface area contributed by atoms with Crippen molar-refractivity contribution in [2.75, 3.05) is 6.61 Å². The molecule has 120 valence electrons. The average Bonchev–Trinajstić information content (AvgIpc) is 2.51. The minimum Gasteiger partial charge on any atom is -0.494 e. The summed E-state index contributed by atoms with van der Waals surface area (Å²) in [6.45, 7) is 3.97. The zero-order valence-corrected chi connectivity index (χ0v) is 13.8. The highest BCUT2D eigenvalue weighted by molar-refractivity contribution is 5.27. The van der Waals surface area contributed by atoms with Crippen LogP contribution in [-0.4, -0.2) is 12.1 Å². The number of hydrogen-bond acceptors (Lipinski definition) is 2. The van der Waals surface area contributed by atoms with E-state index in [1.165, 1.54) is 44.1 Å². The smallest absolute Gasteiger partial charge is 0.119 e. The van der Waals surface area contributed by atoms with Gasteiger partial charge in [-0.05, 0) is 80.4 Å². The highest BCUT2D eigenvalue weighted by Crippen LogP contribution is 2.55. The Bertz CT molecular complexity index is 472. The zero-order valence-electron chi connectivity index (χ0n) is 13.8. The lowest BCUT2D eigenvalue weighted by atomic mass is 9.53. The summed E-state index contributed by atoms with van der Waals surface area (Å²) in [5.74, 6) is 4.05. The maximum Gasteiger partial charge on any atom is 0.119 e. The van der Waals surface area contributed by atoms with Gasteiger partial charge in [-0.2, -0.15) is 0 Å². The second kappa shape index (κ2) is 5.88. The zero-order chi connectivity index (χ0) is 15.0. The molecule has 4 aliphatic carbocycles. The molecule has 0 spiro atoms. The van der Waals surface area contributed by atoms with Gasteiger partial charge in [-0.3, -0.25) is 0 Å². The van der Waals surface area contributed by atoms with E-state index in [0.29, 0.717) is 5.54 Å². The van der Waals surface area contributed by atoms with Crippen LogP contribution in [0, 0.1) is 17.8 Å². The largest absolute Gasteiger partial charge is 0.494 e. The molecule has 0 unspecified atom stereocenters. The lowest BCUT2D eigenvalue weighted by molar-refractivity contribution is -0.0206. The molecule has 22 heavy (non-hydrogen) atoms. The van der Waals surface area contributed by atoms with Crippen molar-refractivity contribution in [1.82, 2.24) is 5.32 Å². The van der Waals surface area contributed by atoms with E-state index in [9.17, 15) is 0 Å². The van der Waals surface area contributed by atoms with Crippen LogP contribution in [0.3, 0.4) is 0 Å². The maximum absolute atomic E-state index is 5.67. The van der Waals surface area contributed by atoms with Crippen molar-refractivity contribution in [3.8, 4) is 5.75 Å². The topological polar surface area (TPSA) is 21.3 Å². The molecule has 0 atom stereocenters. The number of hydrogen-bond donors (Lipinski definition) is 1. The molecular weight excluding hydrogens is 270 g/mol. The second-order valence-electron chi connectivity index (χ2n) is 8.04. The monoisotopic (exact) mass is 299 g/mol. The van der Waals surface area contributed by atoms with Crippen LogP contribution in [0.4, 0.5) is 0 Å². The Kier molecular flexibility index (Phi) is 3.89. The first-order valence-electron chi connectivity index (χ1n) is 9.21. The molecule has 0 aliphatic heterocycles. The Balaban J connectivity index is 1.36. The van der Waals surface area contributed by atoms with Crippen molar-refractivity contribution in [3.05, 3.63) is 29.8 Å². The van der Waals surface area contributed by atoms with Gasteiger partial charge in [0, 0.05) is 12.1 Å². The van der Waals surface area contributed by atoms with Crippen molar-refractivity contribution in [3.63, 3.8) is 0 Å². The van der Waals surface area contributed by atoms with Crippen LogP contribution in [-0.2, 0) is 6.54 Å². The normalized spacial score (nSPS) is 35.8. The Morgan fingerprint density at radius 1 is 1.00 bits per heavy atom. The van der Waals surface area contributed by atoms with Gasteiger partial charge in [0.15, 0.2) is 0 Å². The summed E-state index contributed by atoms with van der Waals surface area (Å²) in [6, 6.07) is 8.68. The van der Waals surface area contributed by atoms with Crippen LogP contribution in [0.25, 0.3) is 0 Å². The van der Waals surface area contributed by atoms with Crippen LogP contribution < -0.4 is 10.1 Å². The van der Waals surface area contributed by atoms with Crippen LogP contribution in [0.15, 0.2) is 24.3 Å². The summed E-state index contributed by atoms with van der Waals surface area (Å²) in [5, 5.41) is 3.97. The van der Waals surface area contributed by atoms with E-state index in [2.05, 4.69) is 36.5 Å². The minimum atomic E-state index is 0.464. The van der Waals surface area contributed by atoms with E-state index in [1.807, 2.05) is 0 Å². The van der Waals surface area contributed by atoms with Crippen LogP contribution >= 0.6 is 0 Å². The molecule has 1 N–H and O–H groups in total. The van der Waals surface area contributed by atoms with Crippen LogP contribution in [0.1, 0.15) is 57.4 Å². The number of nitrogens with one attached hydrogen (secondary N) is 1. The van der Waals surface area contributed by atoms with Gasteiger partial charge in [0.2, 0.25) is 0 Å². The number of ether oxygens (including phenoxy) is 1. The molecular formula is C20H29NO. The molecule has 1 aromatic carbocycles. The van der Waals surface area contributed by atoms with Gasteiger partial charge in [-0.15, -0.1) is 0 Å². The van der Waals surface area contributed by atoms with Crippen molar-refractivity contribution >= 4 is 0 Å². The molecule has 5 rings (SSSR count). The summed E-state index contributed by atoms with van der Waals surface area (Å²) in [4.78, 5) is 0. The lowest BCUT2D eigenvalue weighted by Gasteiger charge is -2.57. The van der Waals surface area contributed by atoms with E-state index in [1.54, 1.807) is 0 Å². The van der Waals surface area contributed by atoms with E-state index in [4.69, 9.17) is 4.74 Å². The third kappa shape index (κ3) is 2.90. The van der Waals surface area contributed by atoms with E-state index in [-0.39, 0.29) is 0 Å². The number of benzene rings is 1. The van der Waals surface area contributed by atoms with Gasteiger partial charge in [-0.25, -0.2) is 0 Å². The molecule has 0 heterocycles. The molecule has 4 fully saturated rings. The molecule has 4 saturated carbocycles. The Hall–Kier alpha value is -1.02. The van der Waals surface area contributed by atoms with Gasteiger partial charge in [-0.1, -0.05) is 19.1 Å². The SMILES string of the molecule is CCCOc1ccc(CNC23CC4CC(CC(C4)C2)C3)cc1. The summed E-state index contributed by atoms with van der Waals surface area (Å²) in [5.41, 5.74) is 1.85. The molecule has 4 aliphatic rings. The highest BCUT2D eigenvalue weighted by atomic mass is 16.5. The first-order chi connectivity index (χ1) is 10.7.